The average Bonchev–Trinajstić information content (AvgIpc) is 2.99. The van der Waals surface area contributed by atoms with Gasteiger partial charge in [0.2, 0.25) is 5.91 Å². The Kier molecular flexibility index (Phi) is 5.51. The van der Waals surface area contributed by atoms with Crippen molar-refractivity contribution in [3.63, 3.8) is 0 Å². The Hall–Kier alpha value is -2.15. The van der Waals surface area contributed by atoms with Gasteiger partial charge in [-0.25, -0.2) is 4.98 Å². The number of nitrogens with two attached hydrogens (primary N) is 1. The Balaban J connectivity index is 1.76. The minimum absolute atomic E-state index is 0.0638. The molecule has 0 fully saturated rings. The van der Waals surface area contributed by atoms with Gasteiger partial charge in [-0.2, -0.15) is 0 Å². The minimum atomic E-state index is -0.0638. The van der Waals surface area contributed by atoms with Crippen LogP contribution in [0.3, 0.4) is 0 Å². The van der Waals surface area contributed by atoms with Gasteiger partial charge in [-0.15, -0.1) is 0 Å². The van der Waals surface area contributed by atoms with Crippen molar-refractivity contribution >= 4 is 29.0 Å². The molecular formula is C14H17N3O3S. The van der Waals surface area contributed by atoms with Gasteiger partial charge in [0.15, 0.2) is 0 Å². The molecule has 0 spiro atoms. The number of amides is 1. The van der Waals surface area contributed by atoms with Gasteiger partial charge in [-0.3, -0.25) is 4.79 Å². The predicted molar refractivity (Wildman–Crippen MR) is 82.5 cm³/mol. The molecule has 0 bridgehead atoms. The Labute approximate surface area is 127 Å². The van der Waals surface area contributed by atoms with Crippen molar-refractivity contribution in [2.24, 2.45) is 0 Å². The van der Waals surface area contributed by atoms with Gasteiger partial charge in [0.25, 0.3) is 5.22 Å². The molecule has 2 rings (SSSR count). The smallest absolute Gasteiger partial charge is 0.255 e. The number of thioether (sulfide) groups is 1. The second-order valence-corrected chi connectivity index (χ2v) is 5.30. The van der Waals surface area contributed by atoms with E-state index in [0.29, 0.717) is 28.8 Å². The van der Waals surface area contributed by atoms with Crippen molar-refractivity contribution in [1.82, 2.24) is 4.98 Å². The average molecular weight is 307 g/mol. The van der Waals surface area contributed by atoms with Gasteiger partial charge < -0.3 is 20.2 Å². The maximum absolute atomic E-state index is 11.9. The number of anilines is 2. The third-order valence-corrected chi connectivity index (χ3v) is 3.62. The highest BCUT2D eigenvalue weighted by molar-refractivity contribution is 7.99. The monoisotopic (exact) mass is 307 g/mol. The van der Waals surface area contributed by atoms with Gasteiger partial charge in [0.05, 0.1) is 19.0 Å². The summed E-state index contributed by atoms with van der Waals surface area (Å²) in [5.74, 6) is 1.26. The first-order valence-corrected chi connectivity index (χ1v) is 7.43. The number of nitrogens with one attached hydrogen (secondary N) is 1. The summed E-state index contributed by atoms with van der Waals surface area (Å²) in [6.45, 7) is 0. The number of carbonyl (C=O) groups is 1. The van der Waals surface area contributed by atoms with Crippen molar-refractivity contribution in [2.45, 2.75) is 18.1 Å². The van der Waals surface area contributed by atoms with Crippen molar-refractivity contribution in [1.29, 1.82) is 0 Å². The Morgan fingerprint density at radius 2 is 2.38 bits per heavy atom. The van der Waals surface area contributed by atoms with Crippen molar-refractivity contribution in [2.75, 3.05) is 23.9 Å². The molecule has 0 aliphatic carbocycles. The highest BCUT2D eigenvalue weighted by Gasteiger charge is 2.08. The van der Waals surface area contributed by atoms with E-state index in [9.17, 15) is 4.79 Å². The van der Waals surface area contributed by atoms with Crippen LogP contribution in [0.1, 0.15) is 12.8 Å². The van der Waals surface area contributed by atoms with E-state index in [2.05, 4.69) is 10.3 Å². The number of ether oxygens (including phenoxy) is 1. The van der Waals surface area contributed by atoms with Crippen molar-refractivity contribution in [3.8, 4) is 5.75 Å². The molecule has 6 nitrogen and oxygen atoms in total. The highest BCUT2D eigenvalue weighted by atomic mass is 32.2. The lowest BCUT2D eigenvalue weighted by Gasteiger charge is -2.10. The zero-order chi connectivity index (χ0) is 15.1. The summed E-state index contributed by atoms with van der Waals surface area (Å²) in [5, 5.41) is 3.44. The standard InChI is InChI=1S/C14H17N3O3S/c1-19-12-9-10(15)4-5-11(12)17-13(18)3-2-8-21-14-16-6-7-20-14/h4-7,9H,2-3,8,15H2,1H3,(H,17,18). The number of rotatable bonds is 7. The van der Waals surface area contributed by atoms with E-state index < -0.39 is 0 Å². The van der Waals surface area contributed by atoms with Crippen LogP contribution in [0.2, 0.25) is 0 Å². The number of hydrogen-bond acceptors (Lipinski definition) is 6. The summed E-state index contributed by atoms with van der Waals surface area (Å²) in [7, 11) is 1.54. The van der Waals surface area contributed by atoms with E-state index in [-0.39, 0.29) is 5.91 Å². The van der Waals surface area contributed by atoms with E-state index in [1.807, 2.05) is 0 Å². The van der Waals surface area contributed by atoms with Crippen LogP contribution in [-0.4, -0.2) is 23.8 Å². The first kappa shape index (κ1) is 15.2. The molecule has 1 heterocycles. The fourth-order valence-corrected chi connectivity index (χ4v) is 2.42. The zero-order valence-corrected chi connectivity index (χ0v) is 12.5. The largest absolute Gasteiger partial charge is 0.494 e. The summed E-state index contributed by atoms with van der Waals surface area (Å²) < 4.78 is 10.3. The third kappa shape index (κ3) is 4.71. The molecule has 0 radical (unpaired) electrons. The molecule has 1 aromatic heterocycles. The summed E-state index contributed by atoms with van der Waals surface area (Å²) in [6, 6.07) is 5.12. The summed E-state index contributed by atoms with van der Waals surface area (Å²) in [4.78, 5) is 15.9. The number of benzene rings is 1. The molecule has 0 saturated carbocycles. The summed E-state index contributed by atoms with van der Waals surface area (Å²) in [6.07, 6.45) is 4.28. The molecule has 2 aromatic rings. The highest BCUT2D eigenvalue weighted by Crippen LogP contribution is 2.26. The second kappa shape index (κ2) is 7.58. The molecule has 7 heteroatoms. The molecule has 1 amide bonds. The van der Waals surface area contributed by atoms with Crippen LogP contribution in [-0.2, 0) is 4.79 Å². The van der Waals surface area contributed by atoms with Gasteiger partial charge in [-0.05, 0) is 18.6 Å². The lowest BCUT2D eigenvalue weighted by Crippen LogP contribution is -2.12. The fourth-order valence-electron chi connectivity index (χ4n) is 1.70. The SMILES string of the molecule is COc1cc(N)ccc1NC(=O)CCCSc1ncco1. The van der Waals surface area contributed by atoms with Crippen LogP contribution in [0, 0.1) is 0 Å². The Morgan fingerprint density at radius 1 is 1.52 bits per heavy atom. The summed E-state index contributed by atoms with van der Waals surface area (Å²) in [5.41, 5.74) is 6.88. The Bertz CT molecular complexity index is 587. The molecule has 0 aliphatic rings. The molecule has 0 aliphatic heterocycles. The minimum Gasteiger partial charge on any atom is -0.494 e. The molecule has 0 saturated heterocycles. The van der Waals surface area contributed by atoms with Crippen LogP contribution in [0.25, 0.3) is 0 Å². The van der Waals surface area contributed by atoms with E-state index in [0.717, 1.165) is 12.2 Å². The van der Waals surface area contributed by atoms with Crippen LogP contribution >= 0.6 is 11.8 Å². The predicted octanol–water partition coefficient (Wildman–Crippen LogP) is 2.78. The van der Waals surface area contributed by atoms with E-state index in [1.165, 1.54) is 25.1 Å². The van der Waals surface area contributed by atoms with Crippen LogP contribution in [0.15, 0.2) is 40.3 Å². The Morgan fingerprint density at radius 3 is 3.10 bits per heavy atom. The fraction of sp³-hybridized carbons (Fsp3) is 0.286. The maximum Gasteiger partial charge on any atom is 0.255 e. The van der Waals surface area contributed by atoms with Crippen LogP contribution in [0.4, 0.5) is 11.4 Å². The quantitative estimate of drug-likeness (QED) is 0.464. The molecule has 0 unspecified atom stereocenters. The second-order valence-electron chi connectivity index (χ2n) is 4.26. The number of hydrogen-bond donors (Lipinski definition) is 2. The molecule has 3 N–H and O–H groups in total. The molecule has 21 heavy (non-hydrogen) atoms. The normalized spacial score (nSPS) is 10.3. The number of nitrogen functional groups attached to an aromatic ring is 1. The number of carbonyl (C=O) groups excluding carboxylic acids is 1. The van der Waals surface area contributed by atoms with Gasteiger partial charge >= 0.3 is 0 Å². The number of oxazole rings is 1. The van der Waals surface area contributed by atoms with Crippen LogP contribution < -0.4 is 15.8 Å². The number of nitrogens with zero attached hydrogens (tertiary/aromatic N) is 1. The number of aromatic nitrogens is 1. The van der Waals surface area contributed by atoms with Gasteiger partial charge in [-0.1, -0.05) is 11.8 Å². The topological polar surface area (TPSA) is 90.4 Å². The first-order chi connectivity index (χ1) is 10.2. The van der Waals surface area contributed by atoms with Gasteiger partial charge in [0.1, 0.15) is 12.0 Å². The van der Waals surface area contributed by atoms with E-state index in [4.69, 9.17) is 14.9 Å². The molecular weight excluding hydrogens is 290 g/mol. The maximum atomic E-state index is 11.9. The third-order valence-electron chi connectivity index (χ3n) is 2.68. The summed E-state index contributed by atoms with van der Waals surface area (Å²) >= 11 is 1.49. The van der Waals surface area contributed by atoms with Crippen molar-refractivity contribution < 1.29 is 13.9 Å². The zero-order valence-electron chi connectivity index (χ0n) is 11.7. The number of methoxy groups -OCH3 is 1. The van der Waals surface area contributed by atoms with E-state index >= 15 is 0 Å². The van der Waals surface area contributed by atoms with Crippen LogP contribution in [0.5, 0.6) is 5.75 Å². The first-order valence-electron chi connectivity index (χ1n) is 6.44. The molecule has 0 atom stereocenters. The van der Waals surface area contributed by atoms with E-state index in [1.54, 1.807) is 24.4 Å². The van der Waals surface area contributed by atoms with Crippen molar-refractivity contribution in [3.05, 3.63) is 30.7 Å². The lowest BCUT2D eigenvalue weighted by atomic mass is 10.2. The lowest BCUT2D eigenvalue weighted by molar-refractivity contribution is -0.116. The molecule has 1 aromatic carbocycles. The molecule has 112 valence electrons. The van der Waals surface area contributed by atoms with Gasteiger partial charge in [0, 0.05) is 23.9 Å².